The zero-order valence-corrected chi connectivity index (χ0v) is 15.2. The van der Waals surface area contributed by atoms with Gasteiger partial charge >= 0.3 is 0 Å². The van der Waals surface area contributed by atoms with E-state index in [2.05, 4.69) is 9.69 Å². The third kappa shape index (κ3) is 4.95. The van der Waals surface area contributed by atoms with Crippen molar-refractivity contribution >= 4 is 17.3 Å². The second kappa shape index (κ2) is 9.42. The minimum atomic E-state index is -0.0906. The van der Waals surface area contributed by atoms with Gasteiger partial charge in [0.1, 0.15) is 0 Å². The Kier molecular flexibility index (Phi) is 6.72. The van der Waals surface area contributed by atoms with Crippen LogP contribution in [0.4, 0.5) is 5.69 Å². The molecule has 27 heavy (non-hydrogen) atoms. The SMILES string of the molecule is [C-]#[N+]C(=C\C=C\c1ccc(N(C)C)cc1)/C(=C(/C#N)[N+]#[C-])c1ccccc1. The van der Waals surface area contributed by atoms with Gasteiger partial charge in [-0.15, -0.1) is 0 Å². The molecule has 0 radical (unpaired) electrons. The van der Waals surface area contributed by atoms with Crippen molar-refractivity contribution < 1.29 is 0 Å². The molecule has 0 atom stereocenters. The number of nitrogens with zero attached hydrogens (tertiary/aromatic N) is 4. The van der Waals surface area contributed by atoms with Crippen molar-refractivity contribution in [3.8, 4) is 6.07 Å². The van der Waals surface area contributed by atoms with Crippen LogP contribution in [-0.4, -0.2) is 14.1 Å². The van der Waals surface area contributed by atoms with Crippen molar-refractivity contribution in [3.63, 3.8) is 0 Å². The molecule has 4 nitrogen and oxygen atoms in total. The monoisotopic (exact) mass is 350 g/mol. The van der Waals surface area contributed by atoms with E-state index in [1.165, 1.54) is 0 Å². The molecule has 0 saturated carbocycles. The van der Waals surface area contributed by atoms with E-state index in [-0.39, 0.29) is 11.4 Å². The van der Waals surface area contributed by atoms with Gasteiger partial charge in [-0.1, -0.05) is 60.7 Å². The number of rotatable bonds is 5. The fourth-order valence-corrected chi connectivity index (χ4v) is 2.46. The third-order valence-electron chi connectivity index (χ3n) is 3.85. The third-order valence-corrected chi connectivity index (χ3v) is 3.85. The minimum Gasteiger partial charge on any atom is -0.378 e. The van der Waals surface area contributed by atoms with Crippen molar-refractivity contribution in [2.75, 3.05) is 19.0 Å². The Labute approximate surface area is 160 Å². The predicted octanol–water partition coefficient (Wildman–Crippen LogP) is 5.42. The normalized spacial score (nSPS) is 11.9. The number of hydrogen-bond acceptors (Lipinski definition) is 2. The summed E-state index contributed by atoms with van der Waals surface area (Å²) < 4.78 is 0. The van der Waals surface area contributed by atoms with E-state index in [1.54, 1.807) is 24.3 Å². The largest absolute Gasteiger partial charge is 0.378 e. The van der Waals surface area contributed by atoms with Gasteiger partial charge < -0.3 is 4.90 Å². The Balaban J connectivity index is 2.40. The van der Waals surface area contributed by atoms with Gasteiger partial charge in [0.25, 0.3) is 5.70 Å². The quantitative estimate of drug-likeness (QED) is 0.410. The average Bonchev–Trinajstić information content (AvgIpc) is 2.71. The van der Waals surface area contributed by atoms with E-state index in [4.69, 9.17) is 13.1 Å². The zero-order valence-electron chi connectivity index (χ0n) is 15.2. The van der Waals surface area contributed by atoms with E-state index in [0.29, 0.717) is 11.1 Å². The van der Waals surface area contributed by atoms with Crippen molar-refractivity contribution in [2.24, 2.45) is 0 Å². The molecule has 4 heteroatoms. The van der Waals surface area contributed by atoms with E-state index < -0.39 is 0 Å². The first-order chi connectivity index (χ1) is 13.1. The van der Waals surface area contributed by atoms with Crippen molar-refractivity contribution in [1.82, 2.24) is 0 Å². The Morgan fingerprint density at radius 3 is 2.19 bits per heavy atom. The van der Waals surface area contributed by atoms with Gasteiger partial charge in [-0.3, -0.25) is 0 Å². The summed E-state index contributed by atoms with van der Waals surface area (Å²) in [5.41, 5.74) is 3.31. The topological polar surface area (TPSA) is 35.8 Å². The molecule has 0 amide bonds. The van der Waals surface area contributed by atoms with Gasteiger partial charge in [0.2, 0.25) is 0 Å². The standard InChI is InChI=1S/C23H18N4/c1-25-21(12-8-9-18-13-15-20(16-14-18)27(3)4)23(22(17-24)26-2)19-10-6-5-7-11-19/h5-16H,3-4H3/b9-8+,21-12-,23-22-. The first-order valence-corrected chi connectivity index (χ1v) is 8.21. The molecule has 0 fully saturated rings. The van der Waals surface area contributed by atoms with Crippen LogP contribution in [-0.2, 0) is 0 Å². The number of anilines is 1. The summed E-state index contributed by atoms with van der Waals surface area (Å²) in [6.45, 7) is 14.8. The zero-order chi connectivity index (χ0) is 19.6. The summed E-state index contributed by atoms with van der Waals surface area (Å²) in [6.07, 6.45) is 5.29. The highest BCUT2D eigenvalue weighted by Gasteiger charge is 2.14. The van der Waals surface area contributed by atoms with Gasteiger partial charge in [0.15, 0.2) is 5.70 Å². The summed E-state index contributed by atoms with van der Waals surface area (Å²) in [6, 6.07) is 19.0. The van der Waals surface area contributed by atoms with Crippen LogP contribution in [0, 0.1) is 24.5 Å². The maximum absolute atomic E-state index is 9.30. The summed E-state index contributed by atoms with van der Waals surface area (Å²) in [7, 11) is 3.97. The molecule has 130 valence electrons. The Bertz CT molecular complexity index is 987. The van der Waals surface area contributed by atoms with Crippen LogP contribution in [0.15, 0.2) is 78.1 Å². The van der Waals surface area contributed by atoms with E-state index in [0.717, 1.165) is 11.3 Å². The van der Waals surface area contributed by atoms with Crippen molar-refractivity contribution in [1.29, 1.82) is 5.26 Å². The van der Waals surface area contributed by atoms with Gasteiger partial charge in [-0.25, -0.2) is 15.0 Å². The van der Waals surface area contributed by atoms with Crippen LogP contribution in [0.1, 0.15) is 11.1 Å². The molecule has 0 aliphatic rings. The molecule has 2 aromatic rings. The van der Waals surface area contributed by atoms with Gasteiger partial charge in [0, 0.05) is 25.4 Å². The highest BCUT2D eigenvalue weighted by Crippen LogP contribution is 2.28. The summed E-state index contributed by atoms with van der Waals surface area (Å²) in [5.74, 6) is 0. The molecule has 0 spiro atoms. The fraction of sp³-hybridized carbons (Fsp3) is 0.0870. The van der Waals surface area contributed by atoms with Crippen molar-refractivity contribution in [3.05, 3.63) is 112 Å². The molecule has 0 aliphatic carbocycles. The predicted molar refractivity (Wildman–Crippen MR) is 110 cm³/mol. The van der Waals surface area contributed by atoms with E-state index in [9.17, 15) is 5.26 Å². The molecule has 0 aliphatic heterocycles. The maximum Gasteiger partial charge on any atom is 0.259 e. The van der Waals surface area contributed by atoms with E-state index in [1.807, 2.05) is 73.6 Å². The second-order valence-electron chi connectivity index (χ2n) is 5.82. The summed E-state index contributed by atoms with van der Waals surface area (Å²) in [4.78, 5) is 8.87. The maximum atomic E-state index is 9.30. The Morgan fingerprint density at radius 1 is 1.00 bits per heavy atom. The number of nitriles is 1. The first kappa shape index (κ1) is 19.3. The van der Waals surface area contributed by atoms with Crippen LogP contribution >= 0.6 is 0 Å². The summed E-state index contributed by atoms with van der Waals surface area (Å²) >= 11 is 0. The second-order valence-corrected chi connectivity index (χ2v) is 5.82. The van der Waals surface area contributed by atoms with Crippen LogP contribution in [0.25, 0.3) is 21.3 Å². The van der Waals surface area contributed by atoms with Crippen LogP contribution < -0.4 is 4.90 Å². The Morgan fingerprint density at radius 2 is 1.67 bits per heavy atom. The molecule has 0 heterocycles. The molecule has 0 saturated heterocycles. The van der Waals surface area contributed by atoms with Crippen LogP contribution in [0.5, 0.6) is 0 Å². The smallest absolute Gasteiger partial charge is 0.259 e. The molecule has 2 aromatic carbocycles. The summed E-state index contributed by atoms with van der Waals surface area (Å²) in [5, 5.41) is 9.30. The molecule has 2 rings (SSSR count). The first-order valence-electron chi connectivity index (χ1n) is 8.21. The lowest BCUT2D eigenvalue weighted by Crippen LogP contribution is -2.07. The lowest BCUT2D eigenvalue weighted by molar-refractivity contribution is 1.13. The van der Waals surface area contributed by atoms with Crippen molar-refractivity contribution in [2.45, 2.75) is 0 Å². The van der Waals surface area contributed by atoms with Gasteiger partial charge in [-0.2, -0.15) is 0 Å². The molecule has 0 bridgehead atoms. The average molecular weight is 350 g/mol. The van der Waals surface area contributed by atoms with Gasteiger partial charge in [0.05, 0.1) is 19.2 Å². The fourth-order valence-electron chi connectivity index (χ4n) is 2.46. The number of hydrogen-bond donors (Lipinski definition) is 0. The molecule has 0 unspecified atom stereocenters. The molecular formula is C23H18N4. The number of allylic oxidation sites excluding steroid dienone is 4. The number of benzene rings is 2. The highest BCUT2D eigenvalue weighted by molar-refractivity contribution is 5.86. The van der Waals surface area contributed by atoms with Gasteiger partial charge in [-0.05, 0) is 23.3 Å². The molecule has 0 aromatic heterocycles. The lowest BCUT2D eigenvalue weighted by Gasteiger charge is -2.11. The highest BCUT2D eigenvalue weighted by atomic mass is 15.1. The molecular weight excluding hydrogens is 332 g/mol. The van der Waals surface area contributed by atoms with Crippen LogP contribution in [0.3, 0.4) is 0 Å². The van der Waals surface area contributed by atoms with Crippen LogP contribution in [0.2, 0.25) is 0 Å². The Hall–Kier alpha value is -4.07. The molecule has 0 N–H and O–H groups in total. The minimum absolute atomic E-state index is 0.0906. The van der Waals surface area contributed by atoms with E-state index >= 15 is 0 Å². The lowest BCUT2D eigenvalue weighted by atomic mass is 10.0.